The van der Waals surface area contributed by atoms with E-state index in [0.717, 1.165) is 22.0 Å². The van der Waals surface area contributed by atoms with Crippen LogP contribution in [0.4, 0.5) is 0 Å². The molecule has 0 radical (unpaired) electrons. The lowest BCUT2D eigenvalue weighted by Gasteiger charge is -2.21. The van der Waals surface area contributed by atoms with Crippen LogP contribution in [0.25, 0.3) is 11.1 Å². The third kappa shape index (κ3) is 3.94. The molecule has 0 atom stereocenters. The molecule has 0 fully saturated rings. The SMILES string of the molecule is CC(C)(C)OC(=O)c1ccccc1-c1ccccc1CBr. The van der Waals surface area contributed by atoms with Crippen molar-refractivity contribution in [3.8, 4) is 11.1 Å². The molecule has 0 saturated heterocycles. The molecule has 0 heterocycles. The summed E-state index contributed by atoms with van der Waals surface area (Å²) in [6, 6.07) is 15.6. The normalized spacial score (nSPS) is 11.2. The molecule has 2 rings (SSSR count). The molecule has 2 aromatic rings. The van der Waals surface area contributed by atoms with Gasteiger partial charge in [-0.15, -0.1) is 0 Å². The molecule has 0 aliphatic rings. The number of carbonyl (C=O) groups excluding carboxylic acids is 1. The van der Waals surface area contributed by atoms with Crippen LogP contribution in [0.3, 0.4) is 0 Å². The molecule has 0 unspecified atom stereocenters. The maximum atomic E-state index is 12.4. The number of alkyl halides is 1. The summed E-state index contributed by atoms with van der Waals surface area (Å²) in [5.41, 5.74) is 3.20. The highest BCUT2D eigenvalue weighted by atomic mass is 79.9. The van der Waals surface area contributed by atoms with Gasteiger partial charge in [-0.3, -0.25) is 0 Å². The van der Waals surface area contributed by atoms with Crippen LogP contribution in [0.15, 0.2) is 48.5 Å². The second-order valence-electron chi connectivity index (χ2n) is 5.84. The fourth-order valence-electron chi connectivity index (χ4n) is 2.13. The van der Waals surface area contributed by atoms with E-state index in [9.17, 15) is 4.79 Å². The van der Waals surface area contributed by atoms with Gasteiger partial charge < -0.3 is 4.74 Å². The van der Waals surface area contributed by atoms with Crippen LogP contribution < -0.4 is 0 Å². The van der Waals surface area contributed by atoms with Gasteiger partial charge >= 0.3 is 5.97 Å². The van der Waals surface area contributed by atoms with Crippen molar-refractivity contribution in [2.75, 3.05) is 0 Å². The molecule has 2 aromatic carbocycles. The highest BCUT2D eigenvalue weighted by Gasteiger charge is 2.21. The number of benzene rings is 2. The molecule has 0 spiro atoms. The van der Waals surface area contributed by atoms with E-state index in [2.05, 4.69) is 22.0 Å². The van der Waals surface area contributed by atoms with Crippen LogP contribution in [0.1, 0.15) is 36.7 Å². The summed E-state index contributed by atoms with van der Waals surface area (Å²) >= 11 is 3.50. The number of esters is 1. The average Bonchev–Trinajstić information content (AvgIpc) is 2.45. The number of rotatable bonds is 3. The molecule has 0 aromatic heterocycles. The molecule has 0 bridgehead atoms. The molecule has 21 heavy (non-hydrogen) atoms. The molecule has 0 aliphatic heterocycles. The van der Waals surface area contributed by atoms with E-state index >= 15 is 0 Å². The van der Waals surface area contributed by atoms with E-state index < -0.39 is 5.60 Å². The first-order valence-corrected chi connectivity index (χ1v) is 8.01. The average molecular weight is 347 g/mol. The molecule has 0 aliphatic carbocycles. The van der Waals surface area contributed by atoms with Crippen molar-refractivity contribution in [1.29, 1.82) is 0 Å². The van der Waals surface area contributed by atoms with Gasteiger partial charge in [0, 0.05) is 5.33 Å². The summed E-state index contributed by atoms with van der Waals surface area (Å²) in [6.45, 7) is 5.62. The number of halogens is 1. The Morgan fingerprint density at radius 1 is 1.00 bits per heavy atom. The lowest BCUT2D eigenvalue weighted by molar-refractivity contribution is 0.00705. The third-order valence-electron chi connectivity index (χ3n) is 3.00. The Bertz CT molecular complexity index is 642. The summed E-state index contributed by atoms with van der Waals surface area (Å²) in [5.74, 6) is -0.289. The standard InChI is InChI=1S/C18H19BrO2/c1-18(2,3)21-17(20)16-11-7-6-10-15(16)14-9-5-4-8-13(14)12-19/h4-11H,12H2,1-3H3. The van der Waals surface area contributed by atoms with E-state index in [1.807, 2.05) is 63.2 Å². The second-order valence-corrected chi connectivity index (χ2v) is 6.40. The summed E-state index contributed by atoms with van der Waals surface area (Å²) in [5, 5.41) is 0.742. The van der Waals surface area contributed by atoms with Crippen molar-refractivity contribution in [3.63, 3.8) is 0 Å². The van der Waals surface area contributed by atoms with Crippen LogP contribution in [0, 0.1) is 0 Å². The van der Waals surface area contributed by atoms with Gasteiger partial charge in [-0.1, -0.05) is 58.4 Å². The number of hydrogen-bond donors (Lipinski definition) is 0. The monoisotopic (exact) mass is 346 g/mol. The molecule has 110 valence electrons. The van der Waals surface area contributed by atoms with Crippen LogP contribution in [0.2, 0.25) is 0 Å². The van der Waals surface area contributed by atoms with Crippen molar-refractivity contribution in [2.45, 2.75) is 31.7 Å². The summed E-state index contributed by atoms with van der Waals surface area (Å²) in [4.78, 5) is 12.4. The van der Waals surface area contributed by atoms with Gasteiger partial charge in [0.15, 0.2) is 0 Å². The molecule has 3 heteroatoms. The third-order valence-corrected chi connectivity index (χ3v) is 3.60. The minimum absolute atomic E-state index is 0.289. The Morgan fingerprint density at radius 3 is 2.19 bits per heavy atom. The van der Waals surface area contributed by atoms with Crippen molar-refractivity contribution in [1.82, 2.24) is 0 Å². The predicted molar refractivity (Wildman–Crippen MR) is 89.7 cm³/mol. The predicted octanol–water partition coefficient (Wildman–Crippen LogP) is 5.20. The Labute approximate surface area is 134 Å². The van der Waals surface area contributed by atoms with Crippen molar-refractivity contribution >= 4 is 21.9 Å². The van der Waals surface area contributed by atoms with Crippen molar-refractivity contribution < 1.29 is 9.53 Å². The van der Waals surface area contributed by atoms with Gasteiger partial charge in [-0.2, -0.15) is 0 Å². The number of carbonyl (C=O) groups is 1. The van der Waals surface area contributed by atoms with Gasteiger partial charge in [0.25, 0.3) is 0 Å². The molecule has 0 saturated carbocycles. The Balaban J connectivity index is 2.49. The molecular formula is C18H19BrO2. The first kappa shape index (κ1) is 15.8. The van der Waals surface area contributed by atoms with Gasteiger partial charge in [0.2, 0.25) is 0 Å². The van der Waals surface area contributed by atoms with Crippen LogP contribution in [-0.2, 0) is 10.1 Å². The maximum absolute atomic E-state index is 12.4. The second kappa shape index (κ2) is 6.44. The van der Waals surface area contributed by atoms with E-state index in [1.165, 1.54) is 0 Å². The maximum Gasteiger partial charge on any atom is 0.339 e. The van der Waals surface area contributed by atoms with E-state index in [-0.39, 0.29) is 5.97 Å². The highest BCUT2D eigenvalue weighted by Crippen LogP contribution is 2.29. The van der Waals surface area contributed by atoms with Crippen molar-refractivity contribution in [3.05, 3.63) is 59.7 Å². The minimum atomic E-state index is -0.501. The smallest absolute Gasteiger partial charge is 0.339 e. The van der Waals surface area contributed by atoms with E-state index in [4.69, 9.17) is 4.74 Å². The molecular weight excluding hydrogens is 328 g/mol. The zero-order valence-electron chi connectivity index (χ0n) is 12.5. The van der Waals surface area contributed by atoms with Gasteiger partial charge in [0.1, 0.15) is 5.60 Å². The largest absolute Gasteiger partial charge is 0.456 e. The lowest BCUT2D eigenvalue weighted by Crippen LogP contribution is -2.24. The van der Waals surface area contributed by atoms with Gasteiger partial charge in [-0.25, -0.2) is 4.79 Å². The summed E-state index contributed by atoms with van der Waals surface area (Å²) in [6.07, 6.45) is 0. The number of ether oxygens (including phenoxy) is 1. The Morgan fingerprint density at radius 2 is 1.57 bits per heavy atom. The fraction of sp³-hybridized carbons (Fsp3) is 0.278. The molecule has 2 nitrogen and oxygen atoms in total. The zero-order valence-corrected chi connectivity index (χ0v) is 14.1. The van der Waals surface area contributed by atoms with Crippen LogP contribution in [-0.4, -0.2) is 11.6 Å². The number of hydrogen-bond acceptors (Lipinski definition) is 2. The van der Waals surface area contributed by atoms with Crippen LogP contribution >= 0.6 is 15.9 Å². The Hall–Kier alpha value is -1.61. The first-order valence-electron chi connectivity index (χ1n) is 6.89. The van der Waals surface area contributed by atoms with Gasteiger partial charge in [-0.05, 0) is 43.5 Å². The van der Waals surface area contributed by atoms with Gasteiger partial charge in [0.05, 0.1) is 5.56 Å². The molecule has 0 N–H and O–H groups in total. The summed E-state index contributed by atoms with van der Waals surface area (Å²) < 4.78 is 5.51. The topological polar surface area (TPSA) is 26.3 Å². The first-order chi connectivity index (χ1) is 9.92. The zero-order chi connectivity index (χ0) is 15.5. The fourth-order valence-corrected chi connectivity index (χ4v) is 2.62. The molecule has 0 amide bonds. The highest BCUT2D eigenvalue weighted by molar-refractivity contribution is 9.08. The summed E-state index contributed by atoms with van der Waals surface area (Å²) in [7, 11) is 0. The lowest BCUT2D eigenvalue weighted by atomic mass is 9.96. The van der Waals surface area contributed by atoms with Crippen molar-refractivity contribution in [2.24, 2.45) is 0 Å². The van der Waals surface area contributed by atoms with E-state index in [1.54, 1.807) is 0 Å². The van der Waals surface area contributed by atoms with E-state index in [0.29, 0.717) is 5.56 Å². The Kier molecular flexibility index (Phi) is 4.84. The quantitative estimate of drug-likeness (QED) is 0.563. The minimum Gasteiger partial charge on any atom is -0.456 e. The van der Waals surface area contributed by atoms with Crippen LogP contribution in [0.5, 0.6) is 0 Å².